The Morgan fingerprint density at radius 3 is 2.24 bits per heavy atom. The van der Waals surface area contributed by atoms with Crippen LogP contribution in [0.3, 0.4) is 0 Å². The van der Waals surface area contributed by atoms with Gasteiger partial charge in [0.25, 0.3) is 0 Å². The summed E-state index contributed by atoms with van der Waals surface area (Å²) in [5, 5.41) is 6.00. The molecule has 0 aliphatic carbocycles. The SMILES string of the molecule is CCC(C)=C(/C=C(\NC)c1ccc(NCc2c(C)cccc2F)cc1)C(F)(F)F. The van der Waals surface area contributed by atoms with Crippen LogP contribution in [0.4, 0.5) is 23.2 Å². The van der Waals surface area contributed by atoms with Crippen molar-refractivity contribution in [3.8, 4) is 0 Å². The van der Waals surface area contributed by atoms with E-state index in [-0.39, 0.29) is 11.4 Å². The molecule has 156 valence electrons. The third kappa shape index (κ3) is 5.86. The Labute approximate surface area is 169 Å². The minimum Gasteiger partial charge on any atom is -0.388 e. The molecule has 0 fully saturated rings. The molecule has 0 atom stereocenters. The van der Waals surface area contributed by atoms with Gasteiger partial charge in [-0.1, -0.05) is 36.8 Å². The van der Waals surface area contributed by atoms with Gasteiger partial charge < -0.3 is 10.6 Å². The zero-order chi connectivity index (χ0) is 21.6. The second-order valence-electron chi connectivity index (χ2n) is 6.82. The van der Waals surface area contributed by atoms with E-state index in [0.29, 0.717) is 29.8 Å². The molecule has 6 heteroatoms. The standard InChI is InChI=1S/C23H26F4N2/c1-5-15(2)20(23(25,26)27)13-22(28-4)17-9-11-18(12-10-17)29-14-19-16(3)7-6-8-21(19)24/h6-13,28-29H,5,14H2,1-4H3/b20-15?,22-13-. The summed E-state index contributed by atoms with van der Waals surface area (Å²) in [5.74, 6) is -0.271. The smallest absolute Gasteiger partial charge is 0.388 e. The summed E-state index contributed by atoms with van der Waals surface area (Å²) in [7, 11) is 1.59. The number of nitrogens with one attached hydrogen (secondary N) is 2. The molecule has 0 heterocycles. The number of benzene rings is 2. The van der Waals surface area contributed by atoms with Crippen molar-refractivity contribution in [1.29, 1.82) is 0 Å². The first-order valence-corrected chi connectivity index (χ1v) is 9.42. The van der Waals surface area contributed by atoms with Gasteiger partial charge in [0.1, 0.15) is 5.82 Å². The molecule has 0 radical (unpaired) electrons. The Bertz CT molecular complexity index is 874. The van der Waals surface area contributed by atoms with Gasteiger partial charge >= 0.3 is 6.18 Å². The van der Waals surface area contributed by atoms with Crippen LogP contribution >= 0.6 is 0 Å². The second-order valence-corrected chi connectivity index (χ2v) is 6.82. The third-order valence-electron chi connectivity index (χ3n) is 4.87. The Kier molecular flexibility index (Phi) is 7.48. The van der Waals surface area contributed by atoms with Crippen LogP contribution in [0.25, 0.3) is 5.70 Å². The molecular weight excluding hydrogens is 380 g/mol. The number of anilines is 1. The summed E-state index contributed by atoms with van der Waals surface area (Å²) >= 11 is 0. The number of aryl methyl sites for hydroxylation is 1. The van der Waals surface area contributed by atoms with Crippen molar-refractivity contribution in [2.75, 3.05) is 12.4 Å². The fourth-order valence-electron chi connectivity index (χ4n) is 2.93. The highest BCUT2D eigenvalue weighted by atomic mass is 19.4. The van der Waals surface area contributed by atoms with Crippen molar-refractivity contribution in [2.45, 2.75) is 39.9 Å². The summed E-state index contributed by atoms with van der Waals surface area (Å²) < 4.78 is 54.1. The minimum atomic E-state index is -4.42. The normalized spacial score (nSPS) is 13.2. The van der Waals surface area contributed by atoms with Gasteiger partial charge in [-0.05, 0) is 55.7 Å². The Morgan fingerprint density at radius 1 is 1.07 bits per heavy atom. The molecule has 2 N–H and O–H groups in total. The predicted molar refractivity (Wildman–Crippen MR) is 111 cm³/mol. The molecule has 2 rings (SSSR count). The van der Waals surface area contributed by atoms with Crippen LogP contribution in [0.1, 0.15) is 37.0 Å². The molecule has 29 heavy (non-hydrogen) atoms. The molecule has 2 nitrogen and oxygen atoms in total. The predicted octanol–water partition coefficient (Wildman–Crippen LogP) is 6.60. The van der Waals surface area contributed by atoms with E-state index in [4.69, 9.17) is 0 Å². The van der Waals surface area contributed by atoms with E-state index in [2.05, 4.69) is 10.6 Å². The summed E-state index contributed by atoms with van der Waals surface area (Å²) in [4.78, 5) is 0. The number of hydrogen-bond donors (Lipinski definition) is 2. The zero-order valence-corrected chi connectivity index (χ0v) is 17.0. The quantitative estimate of drug-likeness (QED) is 0.400. The molecule has 0 aromatic heterocycles. The second kappa shape index (κ2) is 9.63. The molecule has 0 aliphatic rings. The first kappa shape index (κ1) is 22.5. The van der Waals surface area contributed by atoms with Crippen LogP contribution in [0, 0.1) is 12.7 Å². The van der Waals surface area contributed by atoms with Gasteiger partial charge in [0.05, 0.1) is 5.57 Å². The van der Waals surface area contributed by atoms with Gasteiger partial charge in [-0.2, -0.15) is 13.2 Å². The Balaban J connectivity index is 2.23. The fourth-order valence-corrected chi connectivity index (χ4v) is 2.93. The van der Waals surface area contributed by atoms with Gasteiger partial charge in [0.15, 0.2) is 0 Å². The number of hydrogen-bond acceptors (Lipinski definition) is 2. The van der Waals surface area contributed by atoms with E-state index < -0.39 is 11.7 Å². The van der Waals surface area contributed by atoms with Crippen molar-refractivity contribution >= 4 is 11.4 Å². The lowest BCUT2D eigenvalue weighted by Gasteiger charge is -2.15. The van der Waals surface area contributed by atoms with Crippen LogP contribution in [0.15, 0.2) is 59.7 Å². The maximum Gasteiger partial charge on any atom is 0.416 e. The minimum absolute atomic E-state index is 0.271. The van der Waals surface area contributed by atoms with Gasteiger partial charge in [-0.15, -0.1) is 0 Å². The van der Waals surface area contributed by atoms with Gasteiger partial charge in [-0.3, -0.25) is 0 Å². The average molecular weight is 406 g/mol. The Hall–Kier alpha value is -2.76. The average Bonchev–Trinajstić information content (AvgIpc) is 2.67. The number of rotatable bonds is 7. The Morgan fingerprint density at radius 2 is 1.72 bits per heavy atom. The van der Waals surface area contributed by atoms with Gasteiger partial charge in [0, 0.05) is 30.5 Å². The largest absolute Gasteiger partial charge is 0.416 e. The monoisotopic (exact) mass is 406 g/mol. The summed E-state index contributed by atoms with van der Waals surface area (Å²) in [6, 6.07) is 11.9. The lowest BCUT2D eigenvalue weighted by Crippen LogP contribution is -2.15. The van der Waals surface area contributed by atoms with Gasteiger partial charge in [0.2, 0.25) is 0 Å². The van der Waals surface area contributed by atoms with Crippen LogP contribution in [0.2, 0.25) is 0 Å². The van der Waals surface area contributed by atoms with Crippen molar-refractivity contribution in [1.82, 2.24) is 5.32 Å². The van der Waals surface area contributed by atoms with E-state index in [1.165, 1.54) is 13.0 Å². The summed E-state index contributed by atoms with van der Waals surface area (Å²) in [6.45, 7) is 5.36. The molecule has 0 bridgehead atoms. The van der Waals surface area contributed by atoms with Crippen LogP contribution in [-0.2, 0) is 6.54 Å². The van der Waals surface area contributed by atoms with E-state index in [0.717, 1.165) is 17.3 Å². The first-order chi connectivity index (χ1) is 13.7. The lowest BCUT2D eigenvalue weighted by atomic mass is 10.0. The molecular formula is C23H26F4N2. The highest BCUT2D eigenvalue weighted by Crippen LogP contribution is 2.32. The van der Waals surface area contributed by atoms with Crippen molar-refractivity contribution in [3.63, 3.8) is 0 Å². The molecule has 0 unspecified atom stereocenters. The van der Waals surface area contributed by atoms with E-state index in [1.807, 2.05) is 13.0 Å². The molecule has 0 amide bonds. The molecule has 2 aromatic carbocycles. The highest BCUT2D eigenvalue weighted by Gasteiger charge is 2.33. The molecule has 0 saturated heterocycles. The molecule has 0 saturated carbocycles. The molecule has 0 aliphatic heterocycles. The van der Waals surface area contributed by atoms with Crippen molar-refractivity contribution in [3.05, 3.63) is 82.2 Å². The molecule has 2 aromatic rings. The summed E-state index contributed by atoms with van der Waals surface area (Å²) in [5.41, 5.74) is 2.84. The highest BCUT2D eigenvalue weighted by molar-refractivity contribution is 5.68. The number of alkyl halides is 3. The maximum absolute atomic E-state index is 13.9. The van der Waals surface area contributed by atoms with E-state index in [1.54, 1.807) is 44.3 Å². The number of halogens is 4. The van der Waals surface area contributed by atoms with Crippen molar-refractivity contribution in [2.24, 2.45) is 0 Å². The topological polar surface area (TPSA) is 24.1 Å². The molecule has 0 spiro atoms. The van der Waals surface area contributed by atoms with Crippen molar-refractivity contribution < 1.29 is 17.6 Å². The first-order valence-electron chi connectivity index (χ1n) is 9.42. The lowest BCUT2D eigenvalue weighted by molar-refractivity contribution is -0.0890. The maximum atomic E-state index is 13.9. The van der Waals surface area contributed by atoms with E-state index in [9.17, 15) is 17.6 Å². The third-order valence-corrected chi connectivity index (χ3v) is 4.87. The number of allylic oxidation sites excluding steroid dienone is 3. The van der Waals surface area contributed by atoms with Crippen LogP contribution in [0.5, 0.6) is 0 Å². The summed E-state index contributed by atoms with van der Waals surface area (Å²) in [6.07, 6.45) is -2.95. The van der Waals surface area contributed by atoms with E-state index >= 15 is 0 Å². The van der Waals surface area contributed by atoms with Gasteiger partial charge in [-0.25, -0.2) is 4.39 Å². The fraction of sp³-hybridized carbons (Fsp3) is 0.304. The zero-order valence-electron chi connectivity index (χ0n) is 17.0. The van der Waals surface area contributed by atoms with Crippen LogP contribution < -0.4 is 10.6 Å². The van der Waals surface area contributed by atoms with Crippen LogP contribution in [-0.4, -0.2) is 13.2 Å².